The standard InChI is InChI=1S/C15H29ClO2/c1-4-6-7-8-9-12(3)18-14-11-13(16)15(14)17-10-5-2/h12-15H,4-11H2,1-3H3. The zero-order valence-corrected chi connectivity index (χ0v) is 12.9. The van der Waals surface area contributed by atoms with Gasteiger partial charge in [0.2, 0.25) is 0 Å². The van der Waals surface area contributed by atoms with Crippen molar-refractivity contribution in [1.29, 1.82) is 0 Å². The molecule has 0 N–H and O–H groups in total. The van der Waals surface area contributed by atoms with Crippen molar-refractivity contribution in [2.45, 2.75) is 89.4 Å². The van der Waals surface area contributed by atoms with Gasteiger partial charge in [0, 0.05) is 6.61 Å². The average Bonchev–Trinajstić information content (AvgIpc) is 2.34. The lowest BCUT2D eigenvalue weighted by atomic mass is 9.90. The van der Waals surface area contributed by atoms with E-state index in [4.69, 9.17) is 21.1 Å². The molecule has 2 nitrogen and oxygen atoms in total. The molecule has 3 heteroatoms. The average molecular weight is 277 g/mol. The summed E-state index contributed by atoms with van der Waals surface area (Å²) in [6.07, 6.45) is 9.03. The second kappa shape index (κ2) is 9.17. The maximum atomic E-state index is 6.17. The molecule has 0 aromatic heterocycles. The summed E-state index contributed by atoms with van der Waals surface area (Å²) in [5, 5.41) is 0.147. The molecular formula is C15H29ClO2. The largest absolute Gasteiger partial charge is 0.374 e. The van der Waals surface area contributed by atoms with Crippen molar-refractivity contribution in [2.24, 2.45) is 0 Å². The van der Waals surface area contributed by atoms with Crippen LogP contribution in [0.4, 0.5) is 0 Å². The molecule has 108 valence electrons. The summed E-state index contributed by atoms with van der Waals surface area (Å²) < 4.78 is 11.8. The smallest absolute Gasteiger partial charge is 0.100 e. The van der Waals surface area contributed by atoms with E-state index in [1.54, 1.807) is 0 Å². The molecule has 0 spiro atoms. The molecule has 0 amide bonds. The highest BCUT2D eigenvalue weighted by Gasteiger charge is 2.42. The quantitative estimate of drug-likeness (QED) is 0.431. The van der Waals surface area contributed by atoms with Gasteiger partial charge in [-0.1, -0.05) is 39.5 Å². The molecule has 1 rings (SSSR count). The van der Waals surface area contributed by atoms with Crippen molar-refractivity contribution >= 4 is 11.6 Å². The lowest BCUT2D eigenvalue weighted by molar-refractivity contribution is -0.145. The summed E-state index contributed by atoms with van der Waals surface area (Å²) in [5.74, 6) is 0. The highest BCUT2D eigenvalue weighted by Crippen LogP contribution is 2.33. The maximum Gasteiger partial charge on any atom is 0.100 e. The minimum absolute atomic E-state index is 0.115. The van der Waals surface area contributed by atoms with Crippen LogP contribution in [-0.2, 0) is 9.47 Å². The Bertz CT molecular complexity index is 211. The van der Waals surface area contributed by atoms with E-state index >= 15 is 0 Å². The Hall–Kier alpha value is 0.210. The number of halogens is 1. The third kappa shape index (κ3) is 5.46. The molecule has 4 unspecified atom stereocenters. The number of ether oxygens (including phenoxy) is 2. The van der Waals surface area contributed by atoms with Gasteiger partial charge in [-0.3, -0.25) is 0 Å². The second-order valence-electron chi connectivity index (χ2n) is 5.42. The molecule has 1 saturated carbocycles. The summed E-state index contributed by atoms with van der Waals surface area (Å²) in [7, 11) is 0. The predicted octanol–water partition coefficient (Wildman–Crippen LogP) is 4.54. The first-order valence-corrected chi connectivity index (χ1v) is 8.03. The summed E-state index contributed by atoms with van der Waals surface area (Å²) in [6, 6.07) is 0. The van der Waals surface area contributed by atoms with Crippen LogP contribution in [0.15, 0.2) is 0 Å². The van der Waals surface area contributed by atoms with Crippen LogP contribution in [0.5, 0.6) is 0 Å². The molecule has 0 radical (unpaired) electrons. The molecule has 1 aliphatic carbocycles. The van der Waals surface area contributed by atoms with E-state index in [1.165, 1.54) is 25.7 Å². The number of rotatable bonds is 10. The number of alkyl halides is 1. The van der Waals surface area contributed by atoms with Crippen LogP contribution in [0.1, 0.15) is 65.7 Å². The van der Waals surface area contributed by atoms with Crippen LogP contribution in [0.25, 0.3) is 0 Å². The number of hydrogen-bond donors (Lipinski definition) is 0. The lowest BCUT2D eigenvalue weighted by Crippen LogP contribution is -2.52. The fourth-order valence-corrected chi connectivity index (χ4v) is 2.76. The van der Waals surface area contributed by atoms with E-state index < -0.39 is 0 Å². The van der Waals surface area contributed by atoms with Gasteiger partial charge < -0.3 is 9.47 Å². The minimum atomic E-state index is 0.115. The first-order chi connectivity index (χ1) is 8.69. The number of hydrogen-bond acceptors (Lipinski definition) is 2. The zero-order chi connectivity index (χ0) is 13.4. The van der Waals surface area contributed by atoms with Crippen LogP contribution in [0, 0.1) is 0 Å². The molecule has 0 heterocycles. The lowest BCUT2D eigenvalue weighted by Gasteiger charge is -2.41. The fourth-order valence-electron chi connectivity index (χ4n) is 2.35. The topological polar surface area (TPSA) is 18.5 Å². The molecule has 1 fully saturated rings. The molecule has 0 bridgehead atoms. The van der Waals surface area contributed by atoms with Gasteiger partial charge in [-0.15, -0.1) is 11.6 Å². The van der Waals surface area contributed by atoms with Crippen LogP contribution in [0.3, 0.4) is 0 Å². The van der Waals surface area contributed by atoms with Crippen molar-refractivity contribution in [3.63, 3.8) is 0 Å². The van der Waals surface area contributed by atoms with Crippen molar-refractivity contribution in [3.8, 4) is 0 Å². The Balaban J connectivity index is 2.13. The zero-order valence-electron chi connectivity index (χ0n) is 12.2. The summed E-state index contributed by atoms with van der Waals surface area (Å²) in [5.41, 5.74) is 0. The van der Waals surface area contributed by atoms with Gasteiger partial charge in [-0.2, -0.15) is 0 Å². The molecule has 4 atom stereocenters. The van der Waals surface area contributed by atoms with Gasteiger partial charge in [0.25, 0.3) is 0 Å². The first kappa shape index (κ1) is 16.3. The van der Waals surface area contributed by atoms with Gasteiger partial charge in [-0.25, -0.2) is 0 Å². The Kier molecular flexibility index (Phi) is 8.28. The first-order valence-electron chi connectivity index (χ1n) is 7.60. The fraction of sp³-hybridized carbons (Fsp3) is 1.00. The van der Waals surface area contributed by atoms with Crippen molar-refractivity contribution < 1.29 is 9.47 Å². The van der Waals surface area contributed by atoms with Crippen molar-refractivity contribution in [1.82, 2.24) is 0 Å². The molecule has 0 saturated heterocycles. The SMILES string of the molecule is CCCCCCC(C)OC1CC(Cl)C1OCCC. The Morgan fingerprint density at radius 3 is 2.56 bits per heavy atom. The van der Waals surface area contributed by atoms with Gasteiger partial charge in [0.1, 0.15) is 6.10 Å². The van der Waals surface area contributed by atoms with E-state index in [-0.39, 0.29) is 17.6 Å². The molecular weight excluding hydrogens is 248 g/mol. The Labute approximate surface area is 117 Å². The molecule has 0 aromatic carbocycles. The van der Waals surface area contributed by atoms with Gasteiger partial charge in [-0.05, 0) is 26.2 Å². The number of unbranched alkanes of at least 4 members (excludes halogenated alkanes) is 3. The molecule has 0 aliphatic heterocycles. The van der Waals surface area contributed by atoms with Gasteiger partial charge in [0.15, 0.2) is 0 Å². The van der Waals surface area contributed by atoms with E-state index in [1.807, 2.05) is 0 Å². The monoisotopic (exact) mass is 276 g/mol. The third-order valence-electron chi connectivity index (χ3n) is 3.57. The van der Waals surface area contributed by atoms with Crippen LogP contribution in [-0.4, -0.2) is 30.3 Å². The van der Waals surface area contributed by atoms with Crippen molar-refractivity contribution in [3.05, 3.63) is 0 Å². The predicted molar refractivity (Wildman–Crippen MR) is 77.4 cm³/mol. The van der Waals surface area contributed by atoms with E-state index in [2.05, 4.69) is 20.8 Å². The van der Waals surface area contributed by atoms with Crippen molar-refractivity contribution in [2.75, 3.05) is 6.61 Å². The summed E-state index contributed by atoms with van der Waals surface area (Å²) in [4.78, 5) is 0. The van der Waals surface area contributed by atoms with E-state index in [0.717, 1.165) is 25.9 Å². The summed E-state index contributed by atoms with van der Waals surface area (Å²) in [6.45, 7) is 7.32. The minimum Gasteiger partial charge on any atom is -0.374 e. The van der Waals surface area contributed by atoms with Crippen LogP contribution >= 0.6 is 11.6 Å². The van der Waals surface area contributed by atoms with E-state index in [0.29, 0.717) is 6.10 Å². The normalized spacial score (nSPS) is 29.0. The van der Waals surface area contributed by atoms with Gasteiger partial charge in [0.05, 0.1) is 17.6 Å². The Morgan fingerprint density at radius 1 is 1.17 bits per heavy atom. The summed E-state index contributed by atoms with van der Waals surface area (Å²) >= 11 is 6.17. The molecule has 1 aliphatic rings. The Morgan fingerprint density at radius 2 is 1.94 bits per heavy atom. The third-order valence-corrected chi connectivity index (χ3v) is 3.99. The van der Waals surface area contributed by atoms with E-state index in [9.17, 15) is 0 Å². The van der Waals surface area contributed by atoms with Gasteiger partial charge >= 0.3 is 0 Å². The highest BCUT2D eigenvalue weighted by atomic mass is 35.5. The maximum absolute atomic E-state index is 6.17. The molecule has 18 heavy (non-hydrogen) atoms. The highest BCUT2D eigenvalue weighted by molar-refractivity contribution is 6.21. The van der Waals surface area contributed by atoms with Crippen LogP contribution < -0.4 is 0 Å². The van der Waals surface area contributed by atoms with Crippen LogP contribution in [0.2, 0.25) is 0 Å². The second-order valence-corrected chi connectivity index (χ2v) is 5.98. The molecule has 0 aromatic rings.